The third-order valence-corrected chi connectivity index (χ3v) is 3.93. The molecular weight excluding hydrogens is 323 g/mol. The number of hydrogen-bond acceptors (Lipinski definition) is 6. The fraction of sp³-hybridized carbons (Fsp3) is 0.278. The zero-order valence-corrected chi connectivity index (χ0v) is 13.9. The van der Waals surface area contributed by atoms with Crippen LogP contribution < -0.4 is 0 Å². The zero-order valence-electron chi connectivity index (χ0n) is 13.9. The molecule has 3 heterocycles. The highest BCUT2D eigenvalue weighted by Crippen LogP contribution is 2.29. The van der Waals surface area contributed by atoms with Crippen molar-refractivity contribution in [2.24, 2.45) is 0 Å². The lowest BCUT2D eigenvalue weighted by Crippen LogP contribution is -2.14. The van der Waals surface area contributed by atoms with Gasteiger partial charge in [0.15, 0.2) is 11.7 Å². The number of ketones is 1. The second kappa shape index (κ2) is 6.40. The number of nitrogens with zero attached hydrogens (tertiary/aromatic N) is 4. The summed E-state index contributed by atoms with van der Waals surface area (Å²) in [5.41, 5.74) is 1.95. The van der Waals surface area contributed by atoms with Gasteiger partial charge in [-0.25, -0.2) is 9.37 Å². The molecule has 7 heteroatoms. The minimum atomic E-state index is -1.15. The maximum atomic E-state index is 13.1. The van der Waals surface area contributed by atoms with Gasteiger partial charge in [0.1, 0.15) is 5.82 Å². The Morgan fingerprint density at radius 2 is 2.08 bits per heavy atom. The minimum Gasteiger partial charge on any atom is -0.336 e. The van der Waals surface area contributed by atoms with Crippen molar-refractivity contribution in [1.29, 1.82) is 5.26 Å². The molecule has 0 saturated heterocycles. The van der Waals surface area contributed by atoms with Crippen LogP contribution in [0, 0.1) is 24.1 Å². The van der Waals surface area contributed by atoms with Crippen molar-refractivity contribution in [3.8, 4) is 6.07 Å². The molecular formula is C18H15FN4O2. The van der Waals surface area contributed by atoms with Crippen molar-refractivity contribution in [2.75, 3.05) is 0 Å². The Kier molecular flexibility index (Phi) is 4.28. The van der Waals surface area contributed by atoms with Gasteiger partial charge in [-0.3, -0.25) is 9.78 Å². The number of aromatic nitrogens is 3. The van der Waals surface area contributed by atoms with E-state index in [4.69, 9.17) is 4.52 Å². The molecule has 3 rings (SSSR count). The van der Waals surface area contributed by atoms with Gasteiger partial charge in [-0.2, -0.15) is 5.26 Å². The first-order valence-corrected chi connectivity index (χ1v) is 7.74. The monoisotopic (exact) mass is 338 g/mol. The van der Waals surface area contributed by atoms with Gasteiger partial charge in [0, 0.05) is 11.3 Å². The summed E-state index contributed by atoms with van der Waals surface area (Å²) >= 11 is 0. The lowest BCUT2D eigenvalue weighted by molar-refractivity contribution is 0.0979. The van der Waals surface area contributed by atoms with Gasteiger partial charge in [0.05, 0.1) is 29.0 Å². The fourth-order valence-corrected chi connectivity index (χ4v) is 2.58. The lowest BCUT2D eigenvalue weighted by atomic mass is 9.92. The number of fused-ring (bicyclic) bond motifs is 1. The van der Waals surface area contributed by atoms with E-state index >= 15 is 0 Å². The quantitative estimate of drug-likeness (QED) is 0.674. The molecule has 6 nitrogen and oxygen atoms in total. The molecule has 3 aromatic heterocycles. The fourth-order valence-electron chi connectivity index (χ4n) is 2.58. The molecule has 0 bridgehead atoms. The predicted octanol–water partition coefficient (Wildman–Crippen LogP) is 3.68. The first-order valence-electron chi connectivity index (χ1n) is 7.74. The van der Waals surface area contributed by atoms with Gasteiger partial charge < -0.3 is 4.52 Å². The molecule has 0 aliphatic heterocycles. The number of carbonyl (C=O) groups is 1. The maximum absolute atomic E-state index is 13.1. The van der Waals surface area contributed by atoms with E-state index in [1.165, 1.54) is 12.1 Å². The summed E-state index contributed by atoms with van der Waals surface area (Å²) in [6, 6.07) is 6.12. The first kappa shape index (κ1) is 16.7. The average molecular weight is 338 g/mol. The van der Waals surface area contributed by atoms with Crippen LogP contribution in [0.25, 0.3) is 11.1 Å². The molecule has 0 aliphatic carbocycles. The highest BCUT2D eigenvalue weighted by Gasteiger charge is 2.28. The van der Waals surface area contributed by atoms with Crippen LogP contribution in [0.5, 0.6) is 0 Å². The number of hydrogen-bond donors (Lipinski definition) is 0. The summed E-state index contributed by atoms with van der Waals surface area (Å²) in [6.07, 6.45) is 0.985. The summed E-state index contributed by atoms with van der Waals surface area (Å²) < 4.78 is 18.3. The largest absolute Gasteiger partial charge is 0.336 e. The Morgan fingerprint density at radius 3 is 2.68 bits per heavy atom. The third-order valence-electron chi connectivity index (χ3n) is 3.93. The van der Waals surface area contributed by atoms with Crippen molar-refractivity contribution in [2.45, 2.75) is 32.6 Å². The van der Waals surface area contributed by atoms with E-state index in [-0.39, 0.29) is 17.3 Å². The van der Waals surface area contributed by atoms with E-state index in [1.54, 1.807) is 13.0 Å². The van der Waals surface area contributed by atoms with E-state index in [0.29, 0.717) is 22.3 Å². The topological polar surface area (TPSA) is 92.7 Å². The Bertz CT molecular complexity index is 987. The van der Waals surface area contributed by atoms with Crippen molar-refractivity contribution in [1.82, 2.24) is 15.1 Å². The summed E-state index contributed by atoms with van der Waals surface area (Å²) in [5.74, 6) is -2.07. The second-order valence-electron chi connectivity index (χ2n) is 6.03. The molecule has 0 amide bonds. The van der Waals surface area contributed by atoms with Crippen LogP contribution in [-0.4, -0.2) is 20.9 Å². The van der Waals surface area contributed by atoms with Crippen molar-refractivity contribution >= 4 is 16.9 Å². The molecule has 1 unspecified atom stereocenters. The number of aryl methyl sites for hydroxylation is 1. The Labute approximate surface area is 143 Å². The van der Waals surface area contributed by atoms with E-state index < -0.39 is 17.5 Å². The zero-order chi connectivity index (χ0) is 18.1. The molecule has 0 radical (unpaired) electrons. The molecule has 0 N–H and O–H groups in total. The van der Waals surface area contributed by atoms with Crippen molar-refractivity contribution < 1.29 is 13.7 Å². The SMILES string of the molecule is Cc1noc2nc(C(C)C)cc(C(=O)C(C#N)c3ccc(F)cn3)c12. The Balaban J connectivity index is 2.16. The van der Waals surface area contributed by atoms with Gasteiger partial charge in [-0.1, -0.05) is 19.0 Å². The standard InChI is InChI=1S/C18H15FN4O2/c1-9(2)15-6-12(16-10(3)23-25-18(16)22-15)17(24)13(7-20)14-5-4-11(19)8-21-14/h4-6,8-9,13H,1-3H3. The summed E-state index contributed by atoms with van der Waals surface area (Å²) in [5, 5.41) is 13.8. The van der Waals surface area contributed by atoms with Gasteiger partial charge in [-0.05, 0) is 31.0 Å². The molecule has 1 atom stereocenters. The number of rotatable bonds is 4. The molecule has 3 aromatic rings. The van der Waals surface area contributed by atoms with E-state index in [1.807, 2.05) is 19.9 Å². The van der Waals surface area contributed by atoms with Crippen LogP contribution in [-0.2, 0) is 0 Å². The average Bonchev–Trinajstić information content (AvgIpc) is 2.97. The number of Topliss-reactive ketones (excluding diaryl/α,β-unsaturated/α-hetero) is 1. The Morgan fingerprint density at radius 1 is 1.32 bits per heavy atom. The van der Waals surface area contributed by atoms with Crippen molar-refractivity contribution in [3.05, 3.63) is 52.9 Å². The minimum absolute atomic E-state index is 0.0610. The highest BCUT2D eigenvalue weighted by atomic mass is 19.1. The molecule has 126 valence electrons. The normalized spacial score (nSPS) is 12.3. The molecule has 0 aliphatic rings. The Hall–Kier alpha value is -3.14. The summed E-state index contributed by atoms with van der Waals surface area (Å²) in [6.45, 7) is 5.58. The van der Waals surface area contributed by atoms with E-state index in [0.717, 1.165) is 6.20 Å². The van der Waals surface area contributed by atoms with Crippen LogP contribution in [0.3, 0.4) is 0 Å². The summed E-state index contributed by atoms with van der Waals surface area (Å²) in [4.78, 5) is 21.3. The molecule has 0 spiro atoms. The van der Waals surface area contributed by atoms with Gasteiger partial charge >= 0.3 is 0 Å². The first-order chi connectivity index (χ1) is 11.9. The van der Waals surface area contributed by atoms with E-state index in [2.05, 4.69) is 15.1 Å². The molecule has 0 fully saturated rings. The predicted molar refractivity (Wildman–Crippen MR) is 87.5 cm³/mol. The number of carbonyl (C=O) groups excluding carboxylic acids is 1. The van der Waals surface area contributed by atoms with E-state index in [9.17, 15) is 14.4 Å². The van der Waals surface area contributed by atoms with Crippen LogP contribution in [0.1, 0.15) is 53.1 Å². The van der Waals surface area contributed by atoms with Crippen LogP contribution in [0.15, 0.2) is 28.9 Å². The highest BCUT2D eigenvalue weighted by molar-refractivity contribution is 6.11. The smallest absolute Gasteiger partial charge is 0.258 e. The van der Waals surface area contributed by atoms with Gasteiger partial charge in [-0.15, -0.1) is 0 Å². The van der Waals surface area contributed by atoms with Gasteiger partial charge in [0.2, 0.25) is 0 Å². The molecule has 0 saturated carbocycles. The van der Waals surface area contributed by atoms with Gasteiger partial charge in [0.25, 0.3) is 5.71 Å². The number of pyridine rings is 2. The number of nitriles is 1. The number of halogens is 1. The van der Waals surface area contributed by atoms with Crippen LogP contribution in [0.4, 0.5) is 4.39 Å². The third kappa shape index (κ3) is 2.98. The van der Waals surface area contributed by atoms with Crippen LogP contribution >= 0.6 is 0 Å². The molecule has 25 heavy (non-hydrogen) atoms. The lowest BCUT2D eigenvalue weighted by Gasteiger charge is -2.11. The summed E-state index contributed by atoms with van der Waals surface area (Å²) in [7, 11) is 0. The van der Waals surface area contributed by atoms with Crippen molar-refractivity contribution in [3.63, 3.8) is 0 Å². The molecule has 0 aromatic carbocycles. The van der Waals surface area contributed by atoms with Crippen LogP contribution in [0.2, 0.25) is 0 Å². The maximum Gasteiger partial charge on any atom is 0.258 e. The second-order valence-corrected chi connectivity index (χ2v) is 6.03.